The summed E-state index contributed by atoms with van der Waals surface area (Å²) in [6.07, 6.45) is 0. The summed E-state index contributed by atoms with van der Waals surface area (Å²) < 4.78 is 0. The average Bonchev–Trinajstić information content (AvgIpc) is 2.77. The van der Waals surface area contributed by atoms with Gasteiger partial charge in [0.25, 0.3) is 0 Å². The minimum absolute atomic E-state index is 0.877. The highest BCUT2D eigenvalue weighted by Gasteiger charge is 2.24. The first-order chi connectivity index (χ1) is 13.4. The van der Waals surface area contributed by atoms with Crippen LogP contribution in [0.3, 0.4) is 0 Å². The van der Waals surface area contributed by atoms with Gasteiger partial charge in [-0.1, -0.05) is 72.8 Å². The monoisotopic (exact) mass is 370 g/mol. The zero-order valence-electron chi connectivity index (χ0n) is 15.5. The molecular weight excluding hydrogens is 345 g/mol. The van der Waals surface area contributed by atoms with Gasteiger partial charge in [-0.2, -0.15) is 0 Å². The van der Waals surface area contributed by atoms with Gasteiger partial charge in [-0.05, 0) is 48.5 Å². The van der Waals surface area contributed by atoms with E-state index in [0.29, 0.717) is 0 Å². The fourth-order valence-corrected chi connectivity index (χ4v) is 5.50. The van der Waals surface area contributed by atoms with Gasteiger partial charge in [0.15, 0.2) is 0 Å². The molecule has 1 nitrogen and oxygen atoms in total. The van der Waals surface area contributed by atoms with E-state index in [1.807, 2.05) is 37.4 Å². The van der Waals surface area contributed by atoms with Crippen molar-refractivity contribution >= 4 is 29.5 Å². The van der Waals surface area contributed by atoms with Gasteiger partial charge in [0.2, 0.25) is 0 Å². The molecule has 1 N–H and O–H groups in total. The van der Waals surface area contributed by atoms with Crippen LogP contribution in [0.4, 0.5) is 5.69 Å². The van der Waals surface area contributed by atoms with Crippen molar-refractivity contribution in [2.45, 2.75) is 0 Å². The van der Waals surface area contributed by atoms with Crippen LogP contribution in [-0.4, -0.2) is 7.05 Å². The molecule has 0 unspecified atom stereocenters. The largest absolute Gasteiger partial charge is 0.388 e. The van der Waals surface area contributed by atoms with E-state index in [1.165, 1.54) is 15.9 Å². The van der Waals surface area contributed by atoms with Gasteiger partial charge in [0.1, 0.15) is 15.9 Å². The summed E-state index contributed by atoms with van der Waals surface area (Å²) in [7, 11) is 1.03. The van der Waals surface area contributed by atoms with Crippen molar-refractivity contribution in [3.8, 4) is 0 Å². The Kier molecular flexibility index (Phi) is 7.21. The number of hydrogen-bond acceptors (Lipinski definition) is 1. The number of anilines is 1. The number of para-hydroxylation sites is 1. The standard InChI is InChI=1S/C18H15P.C7H9N/c1-4-10-16(11-5-1)19(17-12-6-2-7-13-17)18-14-8-3-9-15-18;1-8-7-5-3-2-4-6-7/h1-15H;2-6,8H,1H3/p+1. The van der Waals surface area contributed by atoms with E-state index in [2.05, 4.69) is 96.3 Å². The van der Waals surface area contributed by atoms with Crippen LogP contribution >= 0.6 is 7.92 Å². The summed E-state index contributed by atoms with van der Waals surface area (Å²) in [5.74, 6) is 0. The topological polar surface area (TPSA) is 12.0 Å². The van der Waals surface area contributed by atoms with Crippen molar-refractivity contribution in [3.05, 3.63) is 121 Å². The molecule has 27 heavy (non-hydrogen) atoms. The van der Waals surface area contributed by atoms with Crippen molar-refractivity contribution in [2.24, 2.45) is 0 Å². The minimum Gasteiger partial charge on any atom is -0.388 e. The first-order valence-corrected chi connectivity index (χ1v) is 10.6. The van der Waals surface area contributed by atoms with Crippen molar-refractivity contribution in [1.82, 2.24) is 0 Å². The number of hydrogen-bond donors (Lipinski definition) is 1. The SMILES string of the molecule is CNc1ccccc1.c1ccc([PH+](c2ccccc2)c2ccccc2)cc1. The molecule has 0 saturated carbocycles. The Morgan fingerprint density at radius 3 is 1.00 bits per heavy atom. The van der Waals surface area contributed by atoms with Crippen LogP contribution in [0.15, 0.2) is 121 Å². The van der Waals surface area contributed by atoms with Gasteiger partial charge in [-0.15, -0.1) is 0 Å². The molecule has 4 rings (SSSR count). The Labute approximate surface area is 163 Å². The molecule has 0 radical (unpaired) electrons. The zero-order chi connectivity index (χ0) is 18.7. The second kappa shape index (κ2) is 10.3. The summed E-state index contributed by atoms with van der Waals surface area (Å²) >= 11 is 0. The summed E-state index contributed by atoms with van der Waals surface area (Å²) in [5.41, 5.74) is 1.16. The zero-order valence-corrected chi connectivity index (χ0v) is 16.5. The number of rotatable bonds is 4. The highest BCUT2D eigenvalue weighted by molar-refractivity contribution is 7.79. The van der Waals surface area contributed by atoms with Crippen LogP contribution in [0.1, 0.15) is 0 Å². The van der Waals surface area contributed by atoms with Gasteiger partial charge in [0.05, 0.1) is 7.92 Å². The van der Waals surface area contributed by atoms with Crippen LogP contribution in [0, 0.1) is 0 Å². The fourth-order valence-electron chi connectivity index (χ4n) is 2.92. The first-order valence-electron chi connectivity index (χ1n) is 9.14. The van der Waals surface area contributed by atoms with Gasteiger partial charge in [-0.3, -0.25) is 0 Å². The summed E-state index contributed by atoms with van der Waals surface area (Å²) in [4.78, 5) is 0. The lowest BCUT2D eigenvalue weighted by Gasteiger charge is -2.10. The molecule has 0 spiro atoms. The second-order valence-electron chi connectivity index (χ2n) is 6.09. The van der Waals surface area contributed by atoms with Gasteiger partial charge < -0.3 is 5.32 Å². The Hall–Kier alpha value is -2.89. The Balaban J connectivity index is 0.000000221. The molecule has 0 heterocycles. The van der Waals surface area contributed by atoms with Gasteiger partial charge in [-0.25, -0.2) is 0 Å². The lowest BCUT2D eigenvalue weighted by molar-refractivity contribution is 1.51. The molecule has 4 aromatic rings. The van der Waals surface area contributed by atoms with Crippen molar-refractivity contribution in [1.29, 1.82) is 0 Å². The molecule has 0 aliphatic rings. The smallest absolute Gasteiger partial charge is 0.102 e. The molecule has 0 aliphatic carbocycles. The van der Waals surface area contributed by atoms with Crippen molar-refractivity contribution < 1.29 is 0 Å². The molecule has 0 fully saturated rings. The minimum atomic E-state index is -0.877. The van der Waals surface area contributed by atoms with Crippen LogP contribution in [-0.2, 0) is 0 Å². The van der Waals surface area contributed by atoms with Gasteiger partial charge >= 0.3 is 0 Å². The summed E-state index contributed by atoms with van der Waals surface area (Å²) in [6, 6.07) is 42.6. The molecule has 0 saturated heterocycles. The lowest BCUT2D eigenvalue weighted by atomic mass is 10.3. The average molecular weight is 370 g/mol. The highest BCUT2D eigenvalue weighted by Crippen LogP contribution is 2.32. The molecule has 0 aliphatic heterocycles. The van der Waals surface area contributed by atoms with E-state index in [1.54, 1.807) is 0 Å². The third kappa shape index (κ3) is 5.54. The second-order valence-corrected chi connectivity index (χ2v) is 8.57. The van der Waals surface area contributed by atoms with E-state index >= 15 is 0 Å². The normalized spacial score (nSPS) is 10.0. The Bertz CT molecular complexity index is 800. The first kappa shape index (κ1) is 18.9. The van der Waals surface area contributed by atoms with E-state index < -0.39 is 7.92 Å². The summed E-state index contributed by atoms with van der Waals surface area (Å²) in [6.45, 7) is 0. The number of nitrogens with one attached hydrogen (secondary N) is 1. The third-order valence-electron chi connectivity index (χ3n) is 4.25. The maximum Gasteiger partial charge on any atom is 0.102 e. The number of benzene rings is 4. The van der Waals surface area contributed by atoms with Crippen molar-refractivity contribution in [2.75, 3.05) is 12.4 Å². The van der Waals surface area contributed by atoms with Crippen LogP contribution in [0.2, 0.25) is 0 Å². The molecule has 0 bridgehead atoms. The predicted octanol–water partition coefficient (Wildman–Crippen LogP) is 4.91. The van der Waals surface area contributed by atoms with Crippen LogP contribution in [0.5, 0.6) is 0 Å². The maximum absolute atomic E-state index is 3.03. The van der Waals surface area contributed by atoms with E-state index in [4.69, 9.17) is 0 Å². The molecule has 134 valence electrons. The van der Waals surface area contributed by atoms with Gasteiger partial charge in [0, 0.05) is 12.7 Å². The maximum atomic E-state index is 3.03. The Morgan fingerprint density at radius 1 is 0.444 bits per heavy atom. The van der Waals surface area contributed by atoms with Crippen LogP contribution in [0.25, 0.3) is 0 Å². The van der Waals surface area contributed by atoms with E-state index in [9.17, 15) is 0 Å². The fraction of sp³-hybridized carbons (Fsp3) is 0.0400. The predicted molar refractivity (Wildman–Crippen MR) is 123 cm³/mol. The summed E-state index contributed by atoms with van der Waals surface area (Å²) in [5, 5.41) is 7.33. The molecule has 0 amide bonds. The van der Waals surface area contributed by atoms with Crippen molar-refractivity contribution in [3.63, 3.8) is 0 Å². The molecule has 2 heteroatoms. The molecule has 4 aromatic carbocycles. The molecular formula is C25H25NP+. The lowest BCUT2D eigenvalue weighted by Crippen LogP contribution is -2.20. The highest BCUT2D eigenvalue weighted by atomic mass is 31.1. The molecule has 0 atom stereocenters. The third-order valence-corrected chi connectivity index (χ3v) is 6.98. The Morgan fingerprint density at radius 2 is 0.741 bits per heavy atom. The molecule has 0 aromatic heterocycles. The van der Waals surface area contributed by atoms with E-state index in [-0.39, 0.29) is 0 Å². The van der Waals surface area contributed by atoms with E-state index in [0.717, 1.165) is 5.69 Å². The van der Waals surface area contributed by atoms with Crippen LogP contribution < -0.4 is 21.2 Å². The quantitative estimate of drug-likeness (QED) is 0.504.